The number of benzene rings is 1. The van der Waals surface area contributed by atoms with Gasteiger partial charge in [0.15, 0.2) is 23.6 Å². The summed E-state index contributed by atoms with van der Waals surface area (Å²) in [5, 5.41) is 18.3. The van der Waals surface area contributed by atoms with Crippen LogP contribution in [-0.2, 0) is 22.6 Å². The zero-order valence-electron chi connectivity index (χ0n) is 21.4. The van der Waals surface area contributed by atoms with Crippen molar-refractivity contribution in [3.8, 4) is 17.2 Å². The van der Waals surface area contributed by atoms with Crippen LogP contribution in [0.5, 0.6) is 0 Å². The second-order valence-corrected chi connectivity index (χ2v) is 8.73. The molecule has 0 amide bonds. The minimum atomic E-state index is -5.01. The minimum absolute atomic E-state index is 0.0523. The Labute approximate surface area is 233 Å². The van der Waals surface area contributed by atoms with E-state index in [4.69, 9.17) is 21.1 Å². The number of halogens is 4. The molecule has 17 heteroatoms. The molecule has 216 valence electrons. The lowest BCUT2D eigenvalue weighted by Crippen LogP contribution is -2.37. The maximum atomic E-state index is 13.2. The van der Waals surface area contributed by atoms with Crippen LogP contribution in [0.25, 0.3) is 17.2 Å². The molecule has 41 heavy (non-hydrogen) atoms. The summed E-state index contributed by atoms with van der Waals surface area (Å²) in [6.07, 6.45) is -6.54. The molecule has 3 heterocycles. The SMILES string of the molecule is CCOC(=O)c1cccnc1-n1nc(Cn2nc(-c3ccc(Cl)cc3)n(C[C@H](O)C(F)(F)F)c2=O)nc1C(=O)OC. The number of hydrogen-bond donors (Lipinski definition) is 1. The van der Waals surface area contributed by atoms with Crippen molar-refractivity contribution in [2.45, 2.75) is 32.3 Å². The van der Waals surface area contributed by atoms with E-state index in [9.17, 15) is 32.7 Å². The summed E-state index contributed by atoms with van der Waals surface area (Å²) in [4.78, 5) is 46.4. The van der Waals surface area contributed by atoms with Crippen LogP contribution in [0.3, 0.4) is 0 Å². The third-order valence-electron chi connectivity index (χ3n) is 5.55. The Hall–Kier alpha value is -4.57. The maximum absolute atomic E-state index is 13.2. The summed E-state index contributed by atoms with van der Waals surface area (Å²) in [7, 11) is 1.09. The number of rotatable bonds is 9. The van der Waals surface area contributed by atoms with Crippen molar-refractivity contribution < 1.29 is 37.3 Å². The molecular weight excluding hydrogens is 575 g/mol. The molecule has 0 fully saturated rings. The first-order valence-corrected chi connectivity index (χ1v) is 12.2. The van der Waals surface area contributed by atoms with Crippen molar-refractivity contribution in [2.75, 3.05) is 13.7 Å². The van der Waals surface area contributed by atoms with E-state index in [-0.39, 0.29) is 35.2 Å². The van der Waals surface area contributed by atoms with Gasteiger partial charge in [0.05, 0.1) is 20.3 Å². The van der Waals surface area contributed by atoms with E-state index < -0.39 is 48.8 Å². The molecule has 3 aromatic heterocycles. The third-order valence-corrected chi connectivity index (χ3v) is 5.80. The molecule has 13 nitrogen and oxygen atoms in total. The number of alkyl halides is 3. The van der Waals surface area contributed by atoms with Gasteiger partial charge in [0.25, 0.3) is 0 Å². The van der Waals surface area contributed by atoms with Crippen LogP contribution >= 0.6 is 11.6 Å². The first kappa shape index (κ1) is 29.4. The lowest BCUT2D eigenvalue weighted by molar-refractivity contribution is -0.207. The summed E-state index contributed by atoms with van der Waals surface area (Å²) in [6, 6.07) is 8.62. The molecule has 4 rings (SSSR count). The van der Waals surface area contributed by atoms with Gasteiger partial charge in [0, 0.05) is 16.8 Å². The monoisotopic (exact) mass is 595 g/mol. The van der Waals surface area contributed by atoms with Crippen molar-refractivity contribution in [3.05, 3.63) is 75.3 Å². The normalized spacial score (nSPS) is 12.3. The number of methoxy groups -OCH3 is 1. The van der Waals surface area contributed by atoms with E-state index in [2.05, 4.69) is 20.2 Å². The average molecular weight is 596 g/mol. The van der Waals surface area contributed by atoms with E-state index in [0.717, 1.165) is 16.5 Å². The Morgan fingerprint density at radius 1 is 1.12 bits per heavy atom. The number of ether oxygens (including phenoxy) is 2. The fraction of sp³-hybridized carbons (Fsp3) is 0.292. The molecule has 0 unspecified atom stereocenters. The third kappa shape index (κ3) is 6.28. The Morgan fingerprint density at radius 3 is 2.46 bits per heavy atom. The van der Waals surface area contributed by atoms with Crippen molar-refractivity contribution in [1.29, 1.82) is 0 Å². The van der Waals surface area contributed by atoms with Gasteiger partial charge in [0.2, 0.25) is 5.82 Å². The minimum Gasteiger partial charge on any atom is -0.463 e. The van der Waals surface area contributed by atoms with E-state index in [1.165, 1.54) is 42.6 Å². The van der Waals surface area contributed by atoms with Crippen molar-refractivity contribution in [1.82, 2.24) is 34.1 Å². The number of pyridine rings is 1. The van der Waals surface area contributed by atoms with Crippen LogP contribution in [0.2, 0.25) is 5.02 Å². The van der Waals surface area contributed by atoms with Crippen LogP contribution in [-0.4, -0.2) is 77.1 Å². The summed E-state index contributed by atoms with van der Waals surface area (Å²) in [5.41, 5.74) is -0.844. The van der Waals surface area contributed by atoms with Gasteiger partial charge in [-0.3, -0.25) is 4.57 Å². The summed E-state index contributed by atoms with van der Waals surface area (Å²) < 4.78 is 51.6. The Morgan fingerprint density at radius 2 is 1.83 bits per heavy atom. The van der Waals surface area contributed by atoms with Crippen molar-refractivity contribution in [2.24, 2.45) is 0 Å². The number of carbonyl (C=O) groups is 2. The summed E-state index contributed by atoms with van der Waals surface area (Å²) in [5.74, 6) is -2.65. The van der Waals surface area contributed by atoms with Crippen LogP contribution in [0.4, 0.5) is 13.2 Å². The number of carbonyl (C=O) groups excluding carboxylic acids is 2. The zero-order valence-corrected chi connectivity index (χ0v) is 22.1. The molecule has 0 saturated heterocycles. The highest BCUT2D eigenvalue weighted by Gasteiger charge is 2.39. The van der Waals surface area contributed by atoms with E-state index in [0.29, 0.717) is 9.59 Å². The molecular formula is C24H21ClF3N7O6. The second kappa shape index (κ2) is 11.9. The molecule has 0 saturated carbocycles. The van der Waals surface area contributed by atoms with Gasteiger partial charge in [-0.05, 0) is 43.3 Å². The summed E-state index contributed by atoms with van der Waals surface area (Å²) >= 11 is 5.91. The molecule has 0 spiro atoms. The van der Waals surface area contributed by atoms with Gasteiger partial charge < -0.3 is 14.6 Å². The first-order valence-electron chi connectivity index (χ1n) is 11.8. The molecule has 0 aliphatic rings. The van der Waals surface area contributed by atoms with Crippen LogP contribution in [0, 0.1) is 0 Å². The molecule has 1 aromatic carbocycles. The number of esters is 2. The molecule has 1 N–H and O–H groups in total. The maximum Gasteiger partial charge on any atom is 0.416 e. The first-order chi connectivity index (χ1) is 19.4. The van der Waals surface area contributed by atoms with Crippen LogP contribution in [0.15, 0.2) is 47.4 Å². The summed E-state index contributed by atoms with van der Waals surface area (Å²) in [6.45, 7) is -0.00598. The number of nitrogens with zero attached hydrogens (tertiary/aromatic N) is 7. The number of aromatic nitrogens is 7. The highest BCUT2D eigenvalue weighted by Crippen LogP contribution is 2.24. The number of aliphatic hydroxyl groups is 1. The molecule has 1 atom stereocenters. The lowest BCUT2D eigenvalue weighted by atomic mass is 10.2. The molecule has 0 bridgehead atoms. The smallest absolute Gasteiger partial charge is 0.416 e. The Bertz CT molecular complexity index is 1630. The molecule has 0 aliphatic carbocycles. The quantitative estimate of drug-likeness (QED) is 0.285. The van der Waals surface area contributed by atoms with Gasteiger partial charge in [-0.1, -0.05) is 11.6 Å². The predicted octanol–water partition coefficient (Wildman–Crippen LogP) is 2.28. The number of hydrogen-bond acceptors (Lipinski definition) is 10. The fourth-order valence-corrected chi connectivity index (χ4v) is 3.78. The van der Waals surface area contributed by atoms with Crippen molar-refractivity contribution >= 4 is 23.5 Å². The largest absolute Gasteiger partial charge is 0.463 e. The Balaban J connectivity index is 1.81. The molecule has 4 aromatic rings. The van der Waals surface area contributed by atoms with Crippen molar-refractivity contribution in [3.63, 3.8) is 0 Å². The van der Waals surface area contributed by atoms with Gasteiger partial charge in [-0.2, -0.15) is 17.9 Å². The van der Waals surface area contributed by atoms with Gasteiger partial charge in [0.1, 0.15) is 12.1 Å². The molecule has 0 aliphatic heterocycles. The number of aliphatic hydroxyl groups excluding tert-OH is 1. The highest BCUT2D eigenvalue weighted by atomic mass is 35.5. The standard InChI is InChI=1S/C24H21ClF3N7O6/c1-3-41-21(37)15-5-4-10-29-19(15)35-20(22(38)40-2)30-17(31-35)12-34-23(39)33(11-16(36)24(26,27)28)18(32-34)13-6-8-14(25)9-7-13/h4-10,16,36H,3,11-12H2,1-2H3/t16-/m0/s1. The topological polar surface area (TPSA) is 156 Å². The predicted molar refractivity (Wildman–Crippen MR) is 135 cm³/mol. The molecule has 0 radical (unpaired) electrons. The van der Waals surface area contributed by atoms with E-state index in [1.807, 2.05) is 0 Å². The average Bonchev–Trinajstić information content (AvgIpc) is 3.49. The van der Waals surface area contributed by atoms with E-state index in [1.54, 1.807) is 6.92 Å². The lowest BCUT2D eigenvalue weighted by Gasteiger charge is -2.15. The highest BCUT2D eigenvalue weighted by molar-refractivity contribution is 6.30. The second-order valence-electron chi connectivity index (χ2n) is 8.29. The van der Waals surface area contributed by atoms with Gasteiger partial charge >= 0.3 is 23.8 Å². The van der Waals surface area contributed by atoms with E-state index >= 15 is 0 Å². The van der Waals surface area contributed by atoms with Crippen LogP contribution < -0.4 is 5.69 Å². The Kier molecular flexibility index (Phi) is 8.53. The van der Waals surface area contributed by atoms with Gasteiger partial charge in [-0.15, -0.1) is 10.2 Å². The van der Waals surface area contributed by atoms with Gasteiger partial charge in [-0.25, -0.2) is 29.0 Å². The zero-order chi connectivity index (χ0) is 29.9. The fourth-order valence-electron chi connectivity index (χ4n) is 3.66. The van der Waals surface area contributed by atoms with Crippen LogP contribution in [0.1, 0.15) is 33.7 Å².